The first-order valence-electron chi connectivity index (χ1n) is 13.7. The molecule has 6 atom stereocenters. The largest absolute Gasteiger partial charge is 0.496 e. The van der Waals surface area contributed by atoms with Gasteiger partial charge in [-0.05, 0) is 68.1 Å². The molecule has 9 nitrogen and oxygen atoms in total. The average molecular weight is 524 g/mol. The maximum atomic E-state index is 13.8. The number of hydrogen-bond donors (Lipinski definition) is 3. The molecule has 0 radical (unpaired) electrons. The van der Waals surface area contributed by atoms with Crippen LogP contribution >= 0.6 is 0 Å². The van der Waals surface area contributed by atoms with Crippen LogP contribution in [0.5, 0.6) is 5.75 Å². The molecule has 1 aromatic carbocycles. The highest BCUT2D eigenvalue weighted by Crippen LogP contribution is 2.43. The van der Waals surface area contributed by atoms with Gasteiger partial charge in [0.2, 0.25) is 5.91 Å². The third kappa shape index (κ3) is 4.96. The number of aliphatic hydroxyl groups is 1. The molecule has 3 fully saturated rings. The second-order valence-electron chi connectivity index (χ2n) is 11.3. The lowest BCUT2D eigenvalue weighted by Crippen LogP contribution is -2.54. The Morgan fingerprint density at radius 3 is 2.76 bits per heavy atom. The highest BCUT2D eigenvalue weighted by Gasteiger charge is 2.50. The number of amides is 2. The molecule has 5 rings (SSSR count). The number of ether oxygens (including phenoxy) is 1. The molecule has 2 heterocycles. The Labute approximate surface area is 222 Å². The third-order valence-corrected chi connectivity index (χ3v) is 8.89. The van der Waals surface area contributed by atoms with E-state index in [2.05, 4.69) is 10.3 Å². The monoisotopic (exact) mass is 523 g/mol. The van der Waals surface area contributed by atoms with Crippen LogP contribution in [0.3, 0.4) is 0 Å². The highest BCUT2D eigenvalue weighted by molar-refractivity contribution is 6.02. The van der Waals surface area contributed by atoms with Crippen LogP contribution < -0.4 is 10.1 Å². The lowest BCUT2D eigenvalue weighted by molar-refractivity contribution is -0.133. The van der Waals surface area contributed by atoms with Gasteiger partial charge < -0.3 is 25.0 Å². The lowest BCUT2D eigenvalue weighted by atomic mass is 9.78. The number of rotatable bonds is 8. The fourth-order valence-electron chi connectivity index (χ4n) is 6.86. The Kier molecular flexibility index (Phi) is 7.56. The lowest BCUT2D eigenvalue weighted by Gasteiger charge is -2.31. The minimum Gasteiger partial charge on any atom is -0.496 e. The first-order valence-corrected chi connectivity index (χ1v) is 13.7. The third-order valence-electron chi connectivity index (χ3n) is 8.89. The summed E-state index contributed by atoms with van der Waals surface area (Å²) < 4.78 is 5.43. The van der Waals surface area contributed by atoms with Gasteiger partial charge in [-0.2, -0.15) is 0 Å². The van der Waals surface area contributed by atoms with E-state index in [4.69, 9.17) is 4.74 Å². The van der Waals surface area contributed by atoms with Crippen molar-refractivity contribution in [2.45, 2.75) is 64.0 Å². The van der Waals surface area contributed by atoms with Gasteiger partial charge in [0.25, 0.3) is 5.91 Å². The highest BCUT2D eigenvalue weighted by atomic mass is 16.5. The molecule has 1 saturated heterocycles. The molecule has 3 N–H and O–H groups in total. The molecule has 9 heteroatoms. The van der Waals surface area contributed by atoms with E-state index in [-0.39, 0.29) is 41.8 Å². The van der Waals surface area contributed by atoms with E-state index in [1.807, 2.05) is 25.1 Å². The number of aromatic nitrogens is 1. The summed E-state index contributed by atoms with van der Waals surface area (Å²) in [7, 11) is 1.58. The summed E-state index contributed by atoms with van der Waals surface area (Å²) in [6.45, 7) is 1.81. The van der Waals surface area contributed by atoms with Gasteiger partial charge in [-0.1, -0.05) is 19.4 Å². The molecule has 2 amide bonds. The van der Waals surface area contributed by atoms with Crippen molar-refractivity contribution >= 4 is 34.3 Å². The Hall–Kier alpha value is -3.20. The van der Waals surface area contributed by atoms with Crippen molar-refractivity contribution in [3.63, 3.8) is 0 Å². The van der Waals surface area contributed by atoms with Crippen LogP contribution in [-0.2, 0) is 14.4 Å². The van der Waals surface area contributed by atoms with Crippen LogP contribution in [0.2, 0.25) is 0 Å². The molecule has 2 aromatic rings. The number of aliphatic hydroxyl groups excluding tert-OH is 1. The van der Waals surface area contributed by atoms with Crippen LogP contribution in [-0.4, -0.2) is 70.7 Å². The summed E-state index contributed by atoms with van der Waals surface area (Å²) in [6.07, 6.45) is 5.02. The summed E-state index contributed by atoms with van der Waals surface area (Å²) in [6, 6.07) is 5.64. The number of hydrogen-bond acceptors (Lipinski definition) is 6. The normalized spacial score (nSPS) is 27.8. The Bertz CT molecular complexity index is 1240. The molecule has 2 saturated carbocycles. The van der Waals surface area contributed by atoms with Gasteiger partial charge in [0.1, 0.15) is 29.9 Å². The number of carbonyl (C=O) groups excluding carboxylic acids is 4. The quantitative estimate of drug-likeness (QED) is 0.488. The van der Waals surface area contributed by atoms with Crippen molar-refractivity contribution < 1.29 is 29.0 Å². The molecule has 204 valence electrons. The van der Waals surface area contributed by atoms with Gasteiger partial charge in [0.05, 0.1) is 13.2 Å². The molecule has 38 heavy (non-hydrogen) atoms. The molecule has 0 unspecified atom stereocenters. The predicted octanol–water partition coefficient (Wildman–Crippen LogP) is 2.86. The number of H-pyrrole nitrogens is 1. The zero-order chi connectivity index (χ0) is 27.0. The Morgan fingerprint density at radius 2 is 2.03 bits per heavy atom. The maximum absolute atomic E-state index is 13.8. The molecule has 0 spiro atoms. The van der Waals surface area contributed by atoms with Crippen molar-refractivity contribution in [1.29, 1.82) is 0 Å². The second kappa shape index (κ2) is 10.9. The van der Waals surface area contributed by atoms with Crippen LogP contribution in [0.25, 0.3) is 10.9 Å². The van der Waals surface area contributed by atoms with Gasteiger partial charge >= 0.3 is 0 Å². The Balaban J connectivity index is 1.37. The van der Waals surface area contributed by atoms with Crippen LogP contribution in [0, 0.1) is 23.7 Å². The van der Waals surface area contributed by atoms with Crippen LogP contribution in [0.4, 0.5) is 0 Å². The van der Waals surface area contributed by atoms with Crippen molar-refractivity contribution in [2.24, 2.45) is 23.7 Å². The predicted molar refractivity (Wildman–Crippen MR) is 141 cm³/mol. The second-order valence-corrected chi connectivity index (χ2v) is 11.3. The van der Waals surface area contributed by atoms with Crippen molar-refractivity contribution in [1.82, 2.24) is 15.2 Å². The zero-order valence-corrected chi connectivity index (χ0v) is 22.1. The number of Topliss-reactive ketones (excluding diaryl/α,β-unsaturated/α-hetero) is 2. The van der Waals surface area contributed by atoms with E-state index >= 15 is 0 Å². The summed E-state index contributed by atoms with van der Waals surface area (Å²) in [5.74, 6) is -0.146. The fraction of sp³-hybridized carbons (Fsp3) is 0.586. The molecular formula is C29H37N3O6. The summed E-state index contributed by atoms with van der Waals surface area (Å²) in [4.78, 5) is 57.6. The maximum Gasteiger partial charge on any atom is 0.271 e. The average Bonchev–Trinajstić information content (AvgIpc) is 3.62. The standard InChI is InChI=1S/C29H37N3O6/c1-16-9-10-17(24(34)11-16)12-22(25(35)15-33)31-28(36)27-19-6-3-5-18(19)14-32(27)29(37)23-13-20-21(30-23)7-4-8-26(20)38-2/h4,7-8,13,16-19,22,27,30,33H,3,5-6,9-12,14-15H2,1-2H3,(H,31,36)/t16-,17+,18+,19+,22+,27+/m1/s1. The summed E-state index contributed by atoms with van der Waals surface area (Å²) in [5.41, 5.74) is 1.15. The van der Waals surface area contributed by atoms with Crippen molar-refractivity contribution in [3.8, 4) is 5.75 Å². The van der Waals surface area contributed by atoms with Crippen molar-refractivity contribution in [3.05, 3.63) is 30.0 Å². The van der Waals surface area contributed by atoms with Gasteiger partial charge in [-0.15, -0.1) is 0 Å². The van der Waals surface area contributed by atoms with Gasteiger partial charge in [-0.25, -0.2) is 0 Å². The molecule has 0 bridgehead atoms. The fourth-order valence-corrected chi connectivity index (χ4v) is 6.86. The number of benzene rings is 1. The van der Waals surface area contributed by atoms with Gasteiger partial charge in [-0.3, -0.25) is 19.2 Å². The van der Waals surface area contributed by atoms with E-state index in [1.54, 1.807) is 18.1 Å². The molecular weight excluding hydrogens is 486 g/mol. The summed E-state index contributed by atoms with van der Waals surface area (Å²) in [5, 5.41) is 13.3. The number of likely N-dealkylation sites (tertiary alicyclic amines) is 1. The van der Waals surface area contributed by atoms with E-state index in [9.17, 15) is 24.3 Å². The minimum atomic E-state index is -0.954. The molecule has 2 aliphatic carbocycles. The van der Waals surface area contributed by atoms with Gasteiger partial charge in [0.15, 0.2) is 5.78 Å². The number of nitrogens with zero attached hydrogens (tertiary/aromatic N) is 1. The van der Waals surface area contributed by atoms with Crippen LogP contribution in [0.15, 0.2) is 24.3 Å². The van der Waals surface area contributed by atoms with E-state index < -0.39 is 24.5 Å². The number of ketones is 2. The molecule has 3 aliphatic rings. The Morgan fingerprint density at radius 1 is 1.21 bits per heavy atom. The number of nitrogens with one attached hydrogen (secondary N) is 2. The van der Waals surface area contributed by atoms with Gasteiger partial charge in [0, 0.05) is 29.8 Å². The number of carbonyl (C=O) groups is 4. The van der Waals surface area contributed by atoms with E-state index in [0.717, 1.165) is 36.6 Å². The number of aromatic amines is 1. The smallest absolute Gasteiger partial charge is 0.271 e. The van der Waals surface area contributed by atoms with E-state index in [1.165, 1.54) is 0 Å². The minimum absolute atomic E-state index is 0.0138. The molecule has 1 aromatic heterocycles. The number of fused-ring (bicyclic) bond motifs is 2. The summed E-state index contributed by atoms with van der Waals surface area (Å²) >= 11 is 0. The zero-order valence-electron chi connectivity index (χ0n) is 22.1. The first kappa shape index (κ1) is 26.4. The van der Waals surface area contributed by atoms with Crippen molar-refractivity contribution in [2.75, 3.05) is 20.3 Å². The van der Waals surface area contributed by atoms with E-state index in [0.29, 0.717) is 36.7 Å². The first-order chi connectivity index (χ1) is 18.3. The molecule has 1 aliphatic heterocycles. The number of methoxy groups -OCH3 is 1. The van der Waals surface area contributed by atoms with Crippen LogP contribution in [0.1, 0.15) is 62.4 Å². The topological polar surface area (TPSA) is 129 Å². The SMILES string of the molecule is COc1cccc2[nH]c(C(=O)N3C[C@@H]4CCC[C@@H]4[C@H]3C(=O)N[C@@H](C[C@@H]3CC[C@@H](C)CC3=O)C(=O)CO)cc12.